The standard InChI is InChI=1S/C32H32BrN3O4/c1-19-28(31(38)36-27-13-11-22(33)17-34-27)29(30-23(35-19)15-32(2,3)16-24(30)37)21-10-12-25(39-4)26(14-21)40-18-20-8-6-5-7-9-20/h5-14,17,29,35H,15-16,18H2,1-4H3,(H,34,36,38). The Balaban J connectivity index is 1.57. The molecule has 1 unspecified atom stereocenters. The van der Waals surface area contributed by atoms with Crippen molar-refractivity contribution in [1.29, 1.82) is 0 Å². The number of rotatable bonds is 7. The molecule has 3 aromatic rings. The Bertz CT molecular complexity index is 1510. The van der Waals surface area contributed by atoms with Gasteiger partial charge in [-0.15, -0.1) is 0 Å². The van der Waals surface area contributed by atoms with Gasteiger partial charge in [0.15, 0.2) is 17.3 Å². The predicted octanol–water partition coefficient (Wildman–Crippen LogP) is 6.67. The van der Waals surface area contributed by atoms with Crippen molar-refractivity contribution in [2.45, 2.75) is 46.1 Å². The summed E-state index contributed by atoms with van der Waals surface area (Å²) in [5.74, 6) is 0.664. The topological polar surface area (TPSA) is 89.5 Å². The van der Waals surface area contributed by atoms with Gasteiger partial charge in [0.1, 0.15) is 12.4 Å². The Morgan fingerprint density at radius 3 is 2.58 bits per heavy atom. The van der Waals surface area contributed by atoms with E-state index in [1.165, 1.54) is 0 Å². The molecule has 206 valence electrons. The Labute approximate surface area is 242 Å². The van der Waals surface area contributed by atoms with Crippen molar-refractivity contribution >= 4 is 33.4 Å². The number of hydrogen-bond acceptors (Lipinski definition) is 6. The number of aromatic nitrogens is 1. The fourth-order valence-corrected chi connectivity index (χ4v) is 5.66. The van der Waals surface area contributed by atoms with Gasteiger partial charge in [-0.2, -0.15) is 0 Å². The number of Topliss-reactive ketones (excluding diaryl/α,β-unsaturated/α-hetero) is 1. The number of allylic oxidation sites excluding steroid dienone is 3. The number of hydrogen-bond donors (Lipinski definition) is 2. The van der Waals surface area contributed by atoms with Gasteiger partial charge in [0.05, 0.1) is 7.11 Å². The van der Waals surface area contributed by atoms with Gasteiger partial charge >= 0.3 is 0 Å². The summed E-state index contributed by atoms with van der Waals surface area (Å²) in [6, 6.07) is 19.0. The first kappa shape index (κ1) is 27.6. The third kappa shape index (κ3) is 5.82. The van der Waals surface area contributed by atoms with Crippen LogP contribution >= 0.6 is 15.9 Å². The molecule has 1 aliphatic heterocycles. The summed E-state index contributed by atoms with van der Waals surface area (Å²) >= 11 is 3.38. The maximum Gasteiger partial charge on any atom is 0.255 e. The highest BCUT2D eigenvalue weighted by atomic mass is 79.9. The van der Waals surface area contributed by atoms with Gasteiger partial charge in [-0.3, -0.25) is 9.59 Å². The molecule has 7 nitrogen and oxygen atoms in total. The Kier molecular flexibility index (Phi) is 7.81. The largest absolute Gasteiger partial charge is 0.493 e. The first-order valence-electron chi connectivity index (χ1n) is 13.2. The van der Waals surface area contributed by atoms with Crippen LogP contribution in [0.2, 0.25) is 0 Å². The average Bonchev–Trinajstić information content (AvgIpc) is 2.92. The number of pyridine rings is 1. The van der Waals surface area contributed by atoms with Gasteiger partial charge in [-0.05, 0) is 70.1 Å². The predicted molar refractivity (Wildman–Crippen MR) is 158 cm³/mol. The fraction of sp³-hybridized carbons (Fsp3) is 0.281. The van der Waals surface area contributed by atoms with Crippen molar-refractivity contribution < 1.29 is 19.1 Å². The number of ketones is 1. The van der Waals surface area contributed by atoms with Gasteiger partial charge in [0.2, 0.25) is 0 Å². The molecule has 0 spiro atoms. The lowest BCUT2D eigenvalue weighted by Gasteiger charge is -2.39. The van der Waals surface area contributed by atoms with Crippen molar-refractivity contribution in [1.82, 2.24) is 10.3 Å². The van der Waals surface area contributed by atoms with E-state index in [1.807, 2.05) is 61.5 Å². The molecule has 0 fully saturated rings. The number of carbonyl (C=O) groups excluding carboxylic acids is 2. The average molecular weight is 603 g/mol. The van der Waals surface area contributed by atoms with Gasteiger partial charge < -0.3 is 20.1 Å². The Morgan fingerprint density at radius 1 is 1.10 bits per heavy atom. The van der Waals surface area contributed by atoms with Crippen molar-refractivity contribution in [2.75, 3.05) is 12.4 Å². The molecule has 40 heavy (non-hydrogen) atoms. The second-order valence-electron chi connectivity index (χ2n) is 10.9. The van der Waals surface area contributed by atoms with Crippen LogP contribution in [-0.4, -0.2) is 23.8 Å². The normalized spacial score (nSPS) is 18.1. The van der Waals surface area contributed by atoms with E-state index in [2.05, 4.69) is 45.4 Å². The molecule has 1 aromatic heterocycles. The van der Waals surface area contributed by atoms with E-state index in [-0.39, 0.29) is 17.1 Å². The van der Waals surface area contributed by atoms with Crippen molar-refractivity contribution in [2.24, 2.45) is 5.41 Å². The minimum absolute atomic E-state index is 0.0332. The van der Waals surface area contributed by atoms with E-state index in [0.717, 1.165) is 21.3 Å². The van der Waals surface area contributed by atoms with E-state index in [9.17, 15) is 9.59 Å². The van der Waals surface area contributed by atoms with Crippen LogP contribution in [0.3, 0.4) is 0 Å². The quantitative estimate of drug-likeness (QED) is 0.314. The molecule has 2 N–H and O–H groups in total. The zero-order valence-electron chi connectivity index (χ0n) is 23.0. The van der Waals surface area contributed by atoms with E-state index in [0.29, 0.717) is 53.6 Å². The zero-order chi connectivity index (χ0) is 28.4. The SMILES string of the molecule is COc1ccc(C2C(C(=O)Nc3ccc(Br)cn3)=C(C)NC3=C2C(=O)CC(C)(C)C3)cc1OCc1ccccc1. The number of dihydropyridines is 1. The molecular formula is C32H32BrN3O4. The second kappa shape index (κ2) is 11.3. The van der Waals surface area contributed by atoms with Crippen LogP contribution in [0.15, 0.2) is 93.9 Å². The zero-order valence-corrected chi connectivity index (χ0v) is 24.6. The summed E-state index contributed by atoms with van der Waals surface area (Å²) in [6.45, 7) is 6.41. The molecule has 1 amide bonds. The Morgan fingerprint density at radius 2 is 1.88 bits per heavy atom. The minimum Gasteiger partial charge on any atom is -0.493 e. The van der Waals surface area contributed by atoms with E-state index in [1.54, 1.807) is 19.4 Å². The van der Waals surface area contributed by atoms with Gasteiger partial charge in [-0.1, -0.05) is 50.2 Å². The van der Waals surface area contributed by atoms with E-state index < -0.39 is 5.92 Å². The molecule has 1 atom stereocenters. The van der Waals surface area contributed by atoms with Crippen LogP contribution in [-0.2, 0) is 16.2 Å². The lowest BCUT2D eigenvalue weighted by atomic mass is 9.68. The maximum atomic E-state index is 13.8. The molecule has 8 heteroatoms. The highest BCUT2D eigenvalue weighted by molar-refractivity contribution is 9.10. The second-order valence-corrected chi connectivity index (χ2v) is 11.8. The molecule has 0 radical (unpaired) electrons. The number of ether oxygens (including phenoxy) is 2. The van der Waals surface area contributed by atoms with Crippen molar-refractivity contribution in [3.8, 4) is 11.5 Å². The molecule has 5 rings (SSSR count). The van der Waals surface area contributed by atoms with Crippen LogP contribution in [0.5, 0.6) is 11.5 Å². The van der Waals surface area contributed by atoms with Gasteiger partial charge in [0.25, 0.3) is 5.91 Å². The number of benzene rings is 2. The van der Waals surface area contributed by atoms with Crippen LogP contribution in [0.4, 0.5) is 5.82 Å². The smallest absolute Gasteiger partial charge is 0.255 e. The molecular weight excluding hydrogens is 570 g/mol. The summed E-state index contributed by atoms with van der Waals surface area (Å²) < 4.78 is 12.6. The lowest BCUT2D eigenvalue weighted by molar-refractivity contribution is -0.118. The maximum absolute atomic E-state index is 13.8. The number of methoxy groups -OCH3 is 1. The molecule has 1 aliphatic carbocycles. The number of anilines is 1. The molecule has 2 aromatic carbocycles. The highest BCUT2D eigenvalue weighted by Crippen LogP contribution is 2.48. The number of halogens is 1. The lowest BCUT2D eigenvalue weighted by Crippen LogP contribution is -2.39. The fourth-order valence-electron chi connectivity index (χ4n) is 5.42. The van der Waals surface area contributed by atoms with E-state index >= 15 is 0 Å². The number of nitrogens with one attached hydrogen (secondary N) is 2. The molecule has 0 saturated carbocycles. The van der Waals surface area contributed by atoms with Crippen LogP contribution in [0.1, 0.15) is 50.7 Å². The summed E-state index contributed by atoms with van der Waals surface area (Å²) in [7, 11) is 1.59. The van der Waals surface area contributed by atoms with Crippen molar-refractivity contribution in [3.63, 3.8) is 0 Å². The van der Waals surface area contributed by atoms with Crippen molar-refractivity contribution in [3.05, 3.63) is 105 Å². The third-order valence-corrected chi connectivity index (χ3v) is 7.68. The van der Waals surface area contributed by atoms with Crippen LogP contribution in [0.25, 0.3) is 0 Å². The van der Waals surface area contributed by atoms with Gasteiger partial charge in [0, 0.05) is 45.5 Å². The van der Waals surface area contributed by atoms with E-state index in [4.69, 9.17) is 9.47 Å². The van der Waals surface area contributed by atoms with Crippen LogP contribution in [0, 0.1) is 5.41 Å². The highest BCUT2D eigenvalue weighted by Gasteiger charge is 2.43. The molecule has 2 aliphatic rings. The number of carbonyl (C=O) groups is 2. The molecule has 0 saturated heterocycles. The first-order valence-corrected chi connectivity index (χ1v) is 14.0. The summed E-state index contributed by atoms with van der Waals surface area (Å²) in [5, 5.41) is 6.33. The monoisotopic (exact) mass is 601 g/mol. The van der Waals surface area contributed by atoms with Gasteiger partial charge in [-0.25, -0.2) is 4.98 Å². The summed E-state index contributed by atoms with van der Waals surface area (Å²) in [4.78, 5) is 31.8. The number of amides is 1. The molecule has 0 bridgehead atoms. The first-order chi connectivity index (χ1) is 19.1. The Hall–Kier alpha value is -3.91. The minimum atomic E-state index is -0.583. The summed E-state index contributed by atoms with van der Waals surface area (Å²) in [5.41, 5.74) is 4.27. The molecule has 2 heterocycles. The third-order valence-electron chi connectivity index (χ3n) is 7.21. The van der Waals surface area contributed by atoms with Crippen LogP contribution < -0.4 is 20.1 Å². The number of nitrogens with zero attached hydrogens (tertiary/aromatic N) is 1. The summed E-state index contributed by atoms with van der Waals surface area (Å²) in [6.07, 6.45) is 2.74.